The van der Waals surface area contributed by atoms with Gasteiger partial charge in [0, 0.05) is 12.1 Å². The summed E-state index contributed by atoms with van der Waals surface area (Å²) in [7, 11) is 0. The molecule has 0 aromatic carbocycles. The summed E-state index contributed by atoms with van der Waals surface area (Å²) in [4.78, 5) is 13.0. The van der Waals surface area contributed by atoms with E-state index in [4.69, 9.17) is 27.1 Å². The molecule has 0 saturated carbocycles. The van der Waals surface area contributed by atoms with E-state index in [0.717, 1.165) is 25.5 Å². The van der Waals surface area contributed by atoms with E-state index in [2.05, 4.69) is 12.2 Å². The van der Waals surface area contributed by atoms with Gasteiger partial charge in [-0.3, -0.25) is 0 Å². The van der Waals surface area contributed by atoms with E-state index in [1.807, 2.05) is 0 Å². The topological polar surface area (TPSA) is 132 Å². The molecule has 35 heavy (non-hydrogen) atoms. The van der Waals surface area contributed by atoms with E-state index in [1.54, 1.807) is 6.92 Å². The van der Waals surface area contributed by atoms with Crippen molar-refractivity contribution in [3.8, 4) is 0 Å². The molecule has 0 aromatic rings. The second-order valence-electron chi connectivity index (χ2n) is 9.35. The lowest BCUT2D eigenvalue weighted by Crippen LogP contribution is -2.58. The lowest BCUT2D eigenvalue weighted by molar-refractivity contribution is -0.151. The number of aliphatic hydroxyl groups is 3. The van der Waals surface area contributed by atoms with Gasteiger partial charge in [-0.1, -0.05) is 89.8 Å². The number of esters is 1. The number of carbonyl (C=O) groups excluding carboxylic acids is 1. The minimum absolute atomic E-state index is 0.119. The Morgan fingerprint density at radius 3 is 2.14 bits per heavy atom. The van der Waals surface area contributed by atoms with Crippen molar-refractivity contribution in [1.29, 1.82) is 5.41 Å². The van der Waals surface area contributed by atoms with Crippen LogP contribution in [0.4, 0.5) is 0 Å². The Bertz CT molecular complexity index is 660. The summed E-state index contributed by atoms with van der Waals surface area (Å²) in [6.45, 7) is 3.46. The number of hydrogen-bond donors (Lipinski definition) is 5. The highest BCUT2D eigenvalue weighted by molar-refractivity contribution is 7.80. The quantitative estimate of drug-likeness (QED) is 0.0761. The van der Waals surface area contributed by atoms with Gasteiger partial charge in [0.1, 0.15) is 18.3 Å². The number of unbranched alkanes of at least 4 members (excludes halogenated alkanes) is 11. The fraction of sp³-hybridized carbons (Fsp3) is 0.808. The molecule has 0 bridgehead atoms. The van der Waals surface area contributed by atoms with Crippen LogP contribution in [0.2, 0.25) is 0 Å². The molecule has 3 unspecified atom stereocenters. The lowest BCUT2D eigenvalue weighted by Gasteiger charge is -2.39. The van der Waals surface area contributed by atoms with Gasteiger partial charge in [0.05, 0.1) is 24.2 Å². The molecule has 0 saturated heterocycles. The Kier molecular flexibility index (Phi) is 16.8. The van der Waals surface area contributed by atoms with Crippen LogP contribution in [0.1, 0.15) is 90.9 Å². The van der Waals surface area contributed by atoms with Gasteiger partial charge in [-0.25, -0.2) is 4.79 Å². The van der Waals surface area contributed by atoms with Crippen molar-refractivity contribution in [2.45, 2.75) is 115 Å². The zero-order valence-electron chi connectivity index (χ0n) is 21.4. The average molecular weight is 515 g/mol. The summed E-state index contributed by atoms with van der Waals surface area (Å²) < 4.78 is 11.0. The summed E-state index contributed by atoms with van der Waals surface area (Å²) in [5.41, 5.74) is 0. The second kappa shape index (κ2) is 18.7. The molecule has 9 heteroatoms. The van der Waals surface area contributed by atoms with E-state index in [0.29, 0.717) is 4.99 Å². The highest BCUT2D eigenvalue weighted by Gasteiger charge is 2.42. The SMILES string of the molecule is CCCCCCCCCCCCCCOC(=O)C1=C[C@H](C=N)C(NC(C)=S)[C@H](C(O)C(O)CO)O1. The first-order chi connectivity index (χ1) is 16.8. The smallest absolute Gasteiger partial charge is 0.373 e. The number of nitrogens with one attached hydrogen (secondary N) is 2. The van der Waals surface area contributed by atoms with Gasteiger partial charge in [0.15, 0.2) is 0 Å². The van der Waals surface area contributed by atoms with Crippen LogP contribution < -0.4 is 5.32 Å². The summed E-state index contributed by atoms with van der Waals surface area (Å²) in [6.07, 6.45) is 13.1. The molecule has 8 nitrogen and oxygen atoms in total. The van der Waals surface area contributed by atoms with Crippen LogP contribution in [0.15, 0.2) is 11.8 Å². The first kappa shape index (κ1) is 31.5. The average Bonchev–Trinajstić information content (AvgIpc) is 2.85. The third kappa shape index (κ3) is 12.3. The molecule has 1 heterocycles. The Balaban J connectivity index is 2.42. The fourth-order valence-electron chi connectivity index (χ4n) is 4.23. The minimum Gasteiger partial charge on any atom is -0.478 e. The predicted octanol–water partition coefficient (Wildman–Crippen LogP) is 3.80. The number of rotatable bonds is 19. The van der Waals surface area contributed by atoms with Crippen LogP contribution in [-0.2, 0) is 14.3 Å². The molecule has 0 aliphatic carbocycles. The Hall–Kier alpha value is -1.55. The first-order valence-corrected chi connectivity index (χ1v) is 13.6. The standard InChI is InChI=1S/C26H46N2O6S/c1-3-4-5-6-7-8-9-10-11-12-13-14-15-33-26(32)22-16-20(17-27)23(28-19(2)35)25(34-22)24(31)21(30)18-29/h16-17,20-21,23-25,27,29-31H,3-15,18H2,1-2H3,(H,28,35)/t20-,21?,23?,24?,25-/m1/s1. The molecule has 0 radical (unpaired) electrons. The molecule has 0 fully saturated rings. The molecule has 1 aliphatic rings. The molecule has 0 spiro atoms. The number of hydrogen-bond acceptors (Lipinski definition) is 8. The van der Waals surface area contributed by atoms with Crippen LogP contribution in [-0.4, -0.2) is 70.1 Å². The summed E-state index contributed by atoms with van der Waals surface area (Å²) >= 11 is 5.09. The maximum Gasteiger partial charge on any atom is 0.373 e. The number of ether oxygens (including phenoxy) is 2. The third-order valence-electron chi connectivity index (χ3n) is 6.29. The highest BCUT2D eigenvalue weighted by atomic mass is 32.1. The molecular weight excluding hydrogens is 468 g/mol. The van der Waals surface area contributed by atoms with E-state index >= 15 is 0 Å². The zero-order valence-corrected chi connectivity index (χ0v) is 22.2. The van der Waals surface area contributed by atoms with Gasteiger partial charge in [-0.15, -0.1) is 0 Å². The number of aliphatic hydroxyl groups excluding tert-OH is 3. The van der Waals surface area contributed by atoms with Crippen molar-refractivity contribution >= 4 is 29.4 Å². The van der Waals surface area contributed by atoms with Crippen LogP contribution in [0.25, 0.3) is 0 Å². The van der Waals surface area contributed by atoms with Crippen molar-refractivity contribution in [1.82, 2.24) is 5.32 Å². The van der Waals surface area contributed by atoms with Crippen LogP contribution >= 0.6 is 12.2 Å². The monoisotopic (exact) mass is 514 g/mol. The van der Waals surface area contributed by atoms with Crippen molar-refractivity contribution in [2.24, 2.45) is 5.92 Å². The molecule has 0 aromatic heterocycles. The minimum atomic E-state index is -1.50. The molecule has 5 atom stereocenters. The van der Waals surface area contributed by atoms with Gasteiger partial charge >= 0.3 is 5.97 Å². The maximum atomic E-state index is 12.6. The zero-order chi connectivity index (χ0) is 26.1. The van der Waals surface area contributed by atoms with Crippen LogP contribution in [0.5, 0.6) is 0 Å². The summed E-state index contributed by atoms with van der Waals surface area (Å²) in [6, 6.07) is -0.686. The van der Waals surface area contributed by atoms with Crippen molar-refractivity contribution in [3.63, 3.8) is 0 Å². The predicted molar refractivity (Wildman–Crippen MR) is 142 cm³/mol. The largest absolute Gasteiger partial charge is 0.478 e. The Labute approximate surface area is 216 Å². The molecule has 202 valence electrons. The van der Waals surface area contributed by atoms with Gasteiger partial charge in [0.25, 0.3) is 0 Å². The van der Waals surface area contributed by atoms with E-state index < -0.39 is 42.8 Å². The normalized spacial score (nSPS) is 21.4. The molecule has 5 N–H and O–H groups in total. The van der Waals surface area contributed by atoms with Crippen LogP contribution in [0.3, 0.4) is 0 Å². The first-order valence-electron chi connectivity index (χ1n) is 13.2. The van der Waals surface area contributed by atoms with E-state index in [9.17, 15) is 20.1 Å². The lowest BCUT2D eigenvalue weighted by atomic mass is 9.88. The van der Waals surface area contributed by atoms with Gasteiger partial charge in [-0.2, -0.15) is 0 Å². The van der Waals surface area contributed by atoms with Gasteiger partial charge < -0.3 is 35.5 Å². The fourth-order valence-corrected chi connectivity index (χ4v) is 4.36. The van der Waals surface area contributed by atoms with Gasteiger partial charge in [0.2, 0.25) is 5.76 Å². The second-order valence-corrected chi connectivity index (χ2v) is 9.96. The number of carbonyl (C=O) groups is 1. The molecular formula is C26H46N2O6S. The Morgan fingerprint density at radius 2 is 1.66 bits per heavy atom. The van der Waals surface area contributed by atoms with Crippen molar-refractivity contribution in [3.05, 3.63) is 11.8 Å². The molecule has 0 amide bonds. The van der Waals surface area contributed by atoms with Crippen molar-refractivity contribution in [2.75, 3.05) is 13.2 Å². The Morgan fingerprint density at radius 1 is 1.11 bits per heavy atom. The van der Waals surface area contributed by atoms with Crippen LogP contribution in [0, 0.1) is 11.3 Å². The summed E-state index contributed by atoms with van der Waals surface area (Å²) in [5, 5.41) is 40.3. The third-order valence-corrected chi connectivity index (χ3v) is 6.41. The van der Waals surface area contributed by atoms with Crippen molar-refractivity contribution < 1.29 is 29.6 Å². The molecule has 1 rings (SSSR count). The molecule has 1 aliphatic heterocycles. The van der Waals surface area contributed by atoms with E-state index in [1.165, 1.54) is 63.9 Å². The maximum absolute atomic E-state index is 12.6. The van der Waals surface area contributed by atoms with E-state index in [-0.39, 0.29) is 12.4 Å². The highest BCUT2D eigenvalue weighted by Crippen LogP contribution is 2.26. The van der Waals surface area contributed by atoms with Gasteiger partial charge in [-0.05, 0) is 19.4 Å². The summed E-state index contributed by atoms with van der Waals surface area (Å²) in [5.74, 6) is -1.42. The number of thiocarbonyl (C=S) groups is 1.